The van der Waals surface area contributed by atoms with Crippen molar-refractivity contribution in [1.82, 2.24) is 0 Å². The Morgan fingerprint density at radius 3 is 1.92 bits per heavy atom. The maximum Gasteiger partial charge on any atom is 0.339 e. The fourth-order valence-electron chi connectivity index (χ4n) is 0.654. The second-order valence-electron chi connectivity index (χ2n) is 1.82. The van der Waals surface area contributed by atoms with E-state index in [2.05, 4.69) is 0 Å². The van der Waals surface area contributed by atoms with Crippen LogP contribution in [0.1, 0.15) is 10.4 Å². The van der Waals surface area contributed by atoms with E-state index in [1.165, 1.54) is 12.1 Å². The summed E-state index contributed by atoms with van der Waals surface area (Å²) in [7, 11) is 0. The van der Waals surface area contributed by atoms with Gasteiger partial charge in [0, 0.05) is 39.0 Å². The summed E-state index contributed by atoms with van der Waals surface area (Å²) in [6.07, 6.45) is 0. The number of aromatic carboxylic acids is 1. The standard InChI is InChI=1S/C7H6O3.ClH.2Zn/c8-6-4-2-1-3-5(6)7(9)10;;;/h1-4,8H,(H,9,10);1H;;. The van der Waals surface area contributed by atoms with E-state index in [0.29, 0.717) is 0 Å². The van der Waals surface area contributed by atoms with Crippen LogP contribution in [0.25, 0.3) is 0 Å². The van der Waals surface area contributed by atoms with Crippen LogP contribution in [-0.4, -0.2) is 16.2 Å². The van der Waals surface area contributed by atoms with Crippen LogP contribution in [0.4, 0.5) is 0 Å². The SMILES string of the molecule is Cl.O=C(O)c1ccccc1O.[Zn].[Zn]. The zero-order valence-corrected chi connectivity index (χ0v) is 13.7. The van der Waals surface area contributed by atoms with E-state index in [4.69, 9.17) is 10.2 Å². The van der Waals surface area contributed by atoms with Gasteiger partial charge in [-0.3, -0.25) is 0 Å². The number of aromatic hydroxyl groups is 1. The molecule has 0 saturated heterocycles. The molecule has 1 aromatic carbocycles. The second kappa shape index (κ2) is 8.62. The van der Waals surface area contributed by atoms with Crippen LogP contribution in [0.2, 0.25) is 0 Å². The Hall–Kier alpha value is 0.0268. The van der Waals surface area contributed by atoms with Crippen LogP contribution in [0, 0.1) is 0 Å². The maximum absolute atomic E-state index is 10.3. The summed E-state index contributed by atoms with van der Waals surface area (Å²) in [5, 5.41) is 17.3. The van der Waals surface area contributed by atoms with Crippen molar-refractivity contribution in [3.8, 4) is 5.75 Å². The van der Waals surface area contributed by atoms with Gasteiger partial charge in [0.05, 0.1) is 0 Å². The van der Waals surface area contributed by atoms with Crippen molar-refractivity contribution in [1.29, 1.82) is 0 Å². The van der Waals surface area contributed by atoms with Gasteiger partial charge in [-0.15, -0.1) is 12.4 Å². The van der Waals surface area contributed by atoms with Crippen molar-refractivity contribution in [2.75, 3.05) is 0 Å². The Labute approximate surface area is 107 Å². The van der Waals surface area contributed by atoms with E-state index in [9.17, 15) is 4.79 Å². The molecule has 2 N–H and O–H groups in total. The normalized spacial score (nSPS) is 7.08. The first-order valence-electron chi connectivity index (χ1n) is 2.73. The fourth-order valence-corrected chi connectivity index (χ4v) is 0.654. The molecule has 6 heteroatoms. The third kappa shape index (κ3) is 5.35. The minimum absolute atomic E-state index is 0. The molecule has 0 unspecified atom stereocenters. The summed E-state index contributed by atoms with van der Waals surface area (Å²) in [4.78, 5) is 10.3. The topological polar surface area (TPSA) is 57.5 Å². The van der Waals surface area contributed by atoms with Gasteiger partial charge in [-0.25, -0.2) is 4.79 Å². The maximum atomic E-state index is 10.3. The average molecular weight is 305 g/mol. The second-order valence-corrected chi connectivity index (χ2v) is 1.82. The summed E-state index contributed by atoms with van der Waals surface area (Å²) >= 11 is 0. The molecule has 0 heterocycles. The minimum atomic E-state index is -1.11. The van der Waals surface area contributed by atoms with E-state index in [-0.39, 0.29) is 62.7 Å². The van der Waals surface area contributed by atoms with E-state index in [1.54, 1.807) is 12.1 Å². The van der Waals surface area contributed by atoms with Gasteiger partial charge in [0.2, 0.25) is 0 Å². The molecule has 0 bridgehead atoms. The Morgan fingerprint density at radius 2 is 1.62 bits per heavy atom. The molecular weight excluding hydrogens is 298 g/mol. The van der Waals surface area contributed by atoms with Crippen LogP contribution in [-0.2, 0) is 39.0 Å². The van der Waals surface area contributed by atoms with Crippen LogP contribution in [0.15, 0.2) is 24.3 Å². The quantitative estimate of drug-likeness (QED) is 0.773. The molecule has 0 aliphatic rings. The molecule has 0 fully saturated rings. The third-order valence-corrected chi connectivity index (χ3v) is 1.13. The molecule has 1 aromatic rings. The number of hydrogen-bond donors (Lipinski definition) is 2. The molecule has 0 atom stereocenters. The summed E-state index contributed by atoms with van der Waals surface area (Å²) < 4.78 is 0. The first-order valence-corrected chi connectivity index (χ1v) is 2.73. The monoisotopic (exact) mass is 302 g/mol. The largest absolute Gasteiger partial charge is 0.507 e. The van der Waals surface area contributed by atoms with Gasteiger partial charge in [0.1, 0.15) is 11.3 Å². The van der Waals surface area contributed by atoms with E-state index >= 15 is 0 Å². The number of carbonyl (C=O) groups is 1. The van der Waals surface area contributed by atoms with Crippen molar-refractivity contribution >= 4 is 18.4 Å². The van der Waals surface area contributed by atoms with Crippen molar-refractivity contribution in [3.63, 3.8) is 0 Å². The molecule has 3 nitrogen and oxygen atoms in total. The summed E-state index contributed by atoms with van der Waals surface area (Å²) in [5.74, 6) is -1.31. The van der Waals surface area contributed by atoms with Gasteiger partial charge >= 0.3 is 5.97 Å². The summed E-state index contributed by atoms with van der Waals surface area (Å²) in [6.45, 7) is 0. The van der Waals surface area contributed by atoms with Crippen LogP contribution in [0.3, 0.4) is 0 Å². The molecule has 0 aliphatic carbocycles. The smallest absolute Gasteiger partial charge is 0.339 e. The molecule has 64 valence electrons. The third-order valence-electron chi connectivity index (χ3n) is 1.13. The Bertz CT molecular complexity index is 268. The molecule has 0 amide bonds. The average Bonchev–Trinajstić information content (AvgIpc) is 1.88. The molecular formula is C7H7ClO3Zn2. The predicted octanol–water partition coefficient (Wildman–Crippen LogP) is 1.51. The number of halogens is 1. The van der Waals surface area contributed by atoms with Crippen LogP contribution >= 0.6 is 12.4 Å². The van der Waals surface area contributed by atoms with E-state index < -0.39 is 5.97 Å². The molecule has 13 heavy (non-hydrogen) atoms. The number of carboxylic acids is 1. The number of benzene rings is 1. The Morgan fingerprint density at radius 1 is 1.15 bits per heavy atom. The Balaban J connectivity index is -0.000000333. The van der Waals surface area contributed by atoms with Crippen molar-refractivity contribution < 1.29 is 54.0 Å². The molecule has 0 saturated carbocycles. The molecule has 0 aliphatic heterocycles. The van der Waals surface area contributed by atoms with Gasteiger partial charge in [0.25, 0.3) is 0 Å². The number of para-hydroxylation sites is 1. The Kier molecular flexibility index (Phi) is 12.4. The zero-order valence-electron chi connectivity index (χ0n) is 6.93. The number of hydrogen-bond acceptors (Lipinski definition) is 2. The van der Waals surface area contributed by atoms with Gasteiger partial charge in [-0.05, 0) is 12.1 Å². The van der Waals surface area contributed by atoms with Crippen LogP contribution in [0.5, 0.6) is 5.75 Å². The minimum Gasteiger partial charge on any atom is -0.507 e. The number of carboxylic acid groups (broad SMARTS) is 1. The fraction of sp³-hybridized carbons (Fsp3) is 0. The molecule has 0 radical (unpaired) electrons. The first-order chi connectivity index (χ1) is 4.72. The van der Waals surface area contributed by atoms with Crippen molar-refractivity contribution in [2.24, 2.45) is 0 Å². The molecule has 1 rings (SSSR count). The van der Waals surface area contributed by atoms with Gasteiger partial charge < -0.3 is 10.2 Å². The first kappa shape index (κ1) is 18.7. The van der Waals surface area contributed by atoms with E-state index in [1.807, 2.05) is 0 Å². The molecule has 0 spiro atoms. The van der Waals surface area contributed by atoms with Gasteiger partial charge in [0.15, 0.2) is 0 Å². The van der Waals surface area contributed by atoms with Gasteiger partial charge in [-0.1, -0.05) is 12.1 Å². The predicted molar refractivity (Wildman–Crippen MR) is 42.3 cm³/mol. The zero-order chi connectivity index (χ0) is 7.56. The summed E-state index contributed by atoms with van der Waals surface area (Å²) in [6, 6.07) is 5.81. The number of phenols is 1. The van der Waals surface area contributed by atoms with E-state index in [0.717, 1.165) is 0 Å². The summed E-state index contributed by atoms with van der Waals surface area (Å²) in [5.41, 5.74) is -0.0671. The van der Waals surface area contributed by atoms with Crippen LogP contribution < -0.4 is 0 Å². The van der Waals surface area contributed by atoms with Gasteiger partial charge in [-0.2, -0.15) is 0 Å². The van der Waals surface area contributed by atoms with Crippen molar-refractivity contribution in [2.45, 2.75) is 0 Å². The van der Waals surface area contributed by atoms with Crippen molar-refractivity contribution in [3.05, 3.63) is 29.8 Å². The molecule has 0 aromatic heterocycles. The number of rotatable bonds is 1.